The van der Waals surface area contributed by atoms with Gasteiger partial charge in [-0.05, 0) is 36.8 Å². The van der Waals surface area contributed by atoms with Crippen molar-refractivity contribution in [1.82, 2.24) is 10.6 Å². The summed E-state index contributed by atoms with van der Waals surface area (Å²) in [6.45, 7) is 1.89. The first-order chi connectivity index (χ1) is 13.0. The number of carbonyl (C=O) groups excluding carboxylic acids is 2. The van der Waals surface area contributed by atoms with E-state index in [0.717, 1.165) is 11.1 Å². The van der Waals surface area contributed by atoms with Gasteiger partial charge in [-0.2, -0.15) is 0 Å². The summed E-state index contributed by atoms with van der Waals surface area (Å²) in [7, 11) is 3.14. The Bertz CT molecular complexity index is 803. The van der Waals surface area contributed by atoms with Gasteiger partial charge in [-0.1, -0.05) is 30.3 Å². The van der Waals surface area contributed by atoms with Crippen molar-refractivity contribution in [2.45, 2.75) is 19.5 Å². The zero-order valence-electron chi connectivity index (χ0n) is 15.7. The van der Waals surface area contributed by atoms with Gasteiger partial charge in [0, 0.05) is 18.2 Å². The molecule has 27 heavy (non-hydrogen) atoms. The Hall–Kier alpha value is -3.28. The highest BCUT2D eigenvalue weighted by Gasteiger charge is 2.15. The van der Waals surface area contributed by atoms with Gasteiger partial charge in [-0.3, -0.25) is 9.59 Å². The Kier molecular flexibility index (Phi) is 7.43. The molecule has 0 aliphatic rings. The van der Waals surface area contributed by atoms with E-state index in [1.165, 1.54) is 6.08 Å². The van der Waals surface area contributed by atoms with Gasteiger partial charge < -0.3 is 20.1 Å². The number of nitrogens with one attached hydrogen (secondary N) is 2. The summed E-state index contributed by atoms with van der Waals surface area (Å²) in [6, 6.07) is 14.1. The molecule has 0 fully saturated rings. The average Bonchev–Trinajstić information content (AvgIpc) is 2.70. The molecule has 6 heteroatoms. The molecule has 0 saturated heterocycles. The molecule has 0 radical (unpaired) electrons. The summed E-state index contributed by atoms with van der Waals surface area (Å²) in [6.07, 6.45) is 3.10. The first-order valence-corrected chi connectivity index (χ1v) is 8.55. The van der Waals surface area contributed by atoms with Crippen molar-refractivity contribution in [3.8, 4) is 11.5 Å². The highest BCUT2D eigenvalue weighted by atomic mass is 16.5. The quantitative estimate of drug-likeness (QED) is 0.702. The van der Waals surface area contributed by atoms with Crippen LogP contribution in [-0.2, 0) is 16.1 Å². The molecule has 0 heterocycles. The van der Waals surface area contributed by atoms with E-state index >= 15 is 0 Å². The van der Waals surface area contributed by atoms with Crippen molar-refractivity contribution in [2.24, 2.45) is 0 Å². The van der Waals surface area contributed by atoms with Crippen LogP contribution in [0.5, 0.6) is 11.5 Å². The third-order valence-corrected chi connectivity index (χ3v) is 3.92. The molecule has 1 unspecified atom stereocenters. The zero-order chi connectivity index (χ0) is 19.6. The van der Waals surface area contributed by atoms with Crippen molar-refractivity contribution >= 4 is 17.9 Å². The molecule has 2 amide bonds. The summed E-state index contributed by atoms with van der Waals surface area (Å²) in [5.74, 6) is 0.702. The van der Waals surface area contributed by atoms with Crippen LogP contribution >= 0.6 is 0 Å². The molecule has 2 N–H and O–H groups in total. The van der Waals surface area contributed by atoms with Crippen molar-refractivity contribution in [2.75, 3.05) is 14.2 Å². The minimum absolute atomic E-state index is 0.263. The van der Waals surface area contributed by atoms with Gasteiger partial charge in [-0.15, -0.1) is 0 Å². The van der Waals surface area contributed by atoms with Crippen LogP contribution in [-0.4, -0.2) is 32.1 Å². The molecule has 1 atom stereocenters. The Morgan fingerprint density at radius 2 is 1.81 bits per heavy atom. The molecule has 6 nitrogen and oxygen atoms in total. The van der Waals surface area contributed by atoms with Crippen LogP contribution in [0.15, 0.2) is 54.6 Å². The molecule has 0 saturated carbocycles. The van der Waals surface area contributed by atoms with E-state index in [-0.39, 0.29) is 18.4 Å². The fourth-order valence-electron chi connectivity index (χ4n) is 2.42. The maximum Gasteiger partial charge on any atom is 0.244 e. The number of hydrogen-bond acceptors (Lipinski definition) is 4. The number of carbonyl (C=O) groups is 2. The third-order valence-electron chi connectivity index (χ3n) is 3.92. The molecule has 2 rings (SSSR count). The lowest BCUT2D eigenvalue weighted by molar-refractivity contribution is -0.126. The van der Waals surface area contributed by atoms with E-state index in [1.807, 2.05) is 30.3 Å². The van der Waals surface area contributed by atoms with E-state index in [2.05, 4.69) is 10.6 Å². The standard InChI is InChI=1S/C21H24N2O4/c1-15(23-20(24)12-9-16-7-5-4-6-8-16)21(25)22-14-17-13-18(26-2)10-11-19(17)27-3/h4-13,15H,14H2,1-3H3,(H,22,25)(H,23,24)/b12-9+. The van der Waals surface area contributed by atoms with Crippen LogP contribution in [0, 0.1) is 0 Å². The molecule has 0 spiro atoms. The lowest BCUT2D eigenvalue weighted by Gasteiger charge is -2.15. The summed E-state index contributed by atoms with van der Waals surface area (Å²) in [4.78, 5) is 24.2. The number of amides is 2. The maximum absolute atomic E-state index is 12.3. The lowest BCUT2D eigenvalue weighted by Crippen LogP contribution is -2.44. The molecule has 0 aliphatic heterocycles. The zero-order valence-corrected chi connectivity index (χ0v) is 15.7. The van der Waals surface area contributed by atoms with E-state index in [1.54, 1.807) is 45.4 Å². The first-order valence-electron chi connectivity index (χ1n) is 8.55. The molecular formula is C21H24N2O4. The van der Waals surface area contributed by atoms with Crippen LogP contribution in [0.25, 0.3) is 6.08 Å². The average molecular weight is 368 g/mol. The van der Waals surface area contributed by atoms with Gasteiger partial charge in [0.25, 0.3) is 0 Å². The Balaban J connectivity index is 1.88. The van der Waals surface area contributed by atoms with Crippen LogP contribution in [0.1, 0.15) is 18.1 Å². The first kappa shape index (κ1) is 20.0. The summed E-state index contributed by atoms with van der Waals surface area (Å²) in [5.41, 5.74) is 1.70. The Morgan fingerprint density at radius 3 is 2.48 bits per heavy atom. The highest BCUT2D eigenvalue weighted by Crippen LogP contribution is 2.23. The summed E-state index contributed by atoms with van der Waals surface area (Å²) < 4.78 is 10.5. The fourth-order valence-corrected chi connectivity index (χ4v) is 2.42. The van der Waals surface area contributed by atoms with Gasteiger partial charge in [0.15, 0.2) is 0 Å². The summed E-state index contributed by atoms with van der Waals surface area (Å²) in [5, 5.41) is 5.43. The largest absolute Gasteiger partial charge is 0.497 e. The van der Waals surface area contributed by atoms with E-state index < -0.39 is 6.04 Å². The normalized spacial score (nSPS) is 11.7. The molecular weight excluding hydrogens is 344 g/mol. The number of hydrogen-bond donors (Lipinski definition) is 2. The van der Waals surface area contributed by atoms with Crippen LogP contribution in [0.2, 0.25) is 0 Å². The van der Waals surface area contributed by atoms with Gasteiger partial charge >= 0.3 is 0 Å². The monoisotopic (exact) mass is 368 g/mol. The molecule has 2 aromatic carbocycles. The second-order valence-corrected chi connectivity index (χ2v) is 5.87. The number of rotatable bonds is 8. The van der Waals surface area contributed by atoms with Crippen molar-refractivity contribution in [3.05, 3.63) is 65.7 Å². The molecule has 0 aliphatic carbocycles. The Morgan fingerprint density at radius 1 is 1.07 bits per heavy atom. The predicted molar refractivity (Wildman–Crippen MR) is 104 cm³/mol. The van der Waals surface area contributed by atoms with Crippen molar-refractivity contribution < 1.29 is 19.1 Å². The van der Waals surface area contributed by atoms with E-state index in [4.69, 9.17) is 9.47 Å². The second kappa shape index (κ2) is 10.0. The smallest absolute Gasteiger partial charge is 0.244 e. The molecule has 142 valence electrons. The highest BCUT2D eigenvalue weighted by molar-refractivity contribution is 5.95. The molecule has 0 aromatic heterocycles. The van der Waals surface area contributed by atoms with Crippen LogP contribution < -0.4 is 20.1 Å². The maximum atomic E-state index is 12.3. The Labute approximate surface area is 159 Å². The van der Waals surface area contributed by atoms with E-state index in [0.29, 0.717) is 11.5 Å². The van der Waals surface area contributed by atoms with Gasteiger partial charge in [0.2, 0.25) is 11.8 Å². The number of ether oxygens (including phenoxy) is 2. The minimum Gasteiger partial charge on any atom is -0.497 e. The minimum atomic E-state index is -0.672. The number of methoxy groups -OCH3 is 2. The topological polar surface area (TPSA) is 76.7 Å². The van der Waals surface area contributed by atoms with Crippen LogP contribution in [0.3, 0.4) is 0 Å². The van der Waals surface area contributed by atoms with Gasteiger partial charge in [0.1, 0.15) is 17.5 Å². The second-order valence-electron chi connectivity index (χ2n) is 5.87. The summed E-state index contributed by atoms with van der Waals surface area (Å²) >= 11 is 0. The SMILES string of the molecule is COc1ccc(OC)c(CNC(=O)C(C)NC(=O)/C=C/c2ccccc2)c1. The lowest BCUT2D eigenvalue weighted by atomic mass is 10.1. The van der Waals surface area contributed by atoms with Gasteiger partial charge in [0.05, 0.1) is 14.2 Å². The third kappa shape index (κ3) is 6.18. The van der Waals surface area contributed by atoms with Gasteiger partial charge in [-0.25, -0.2) is 0 Å². The van der Waals surface area contributed by atoms with Crippen LogP contribution in [0.4, 0.5) is 0 Å². The predicted octanol–water partition coefficient (Wildman–Crippen LogP) is 2.54. The van der Waals surface area contributed by atoms with E-state index in [9.17, 15) is 9.59 Å². The number of benzene rings is 2. The fraction of sp³-hybridized carbons (Fsp3) is 0.238. The molecule has 0 bridgehead atoms. The van der Waals surface area contributed by atoms with Crippen molar-refractivity contribution in [1.29, 1.82) is 0 Å². The molecule has 2 aromatic rings. The van der Waals surface area contributed by atoms with Crippen molar-refractivity contribution in [3.63, 3.8) is 0 Å².